The minimum Gasteiger partial charge on any atom is -0.493 e. The molecule has 1 amide bonds. The third-order valence-corrected chi connectivity index (χ3v) is 2.35. The fraction of sp³-hybridized carbons (Fsp3) is 0.300. The molecule has 6 heteroatoms. The second-order valence-corrected chi connectivity index (χ2v) is 3.34. The highest BCUT2D eigenvalue weighted by molar-refractivity contribution is 5.81. The largest absolute Gasteiger partial charge is 0.493 e. The van der Waals surface area contributed by atoms with E-state index >= 15 is 0 Å². The number of ether oxygens (including phenoxy) is 3. The van der Waals surface area contributed by atoms with Gasteiger partial charge in [0.2, 0.25) is 18.4 Å². The molecule has 0 aromatic heterocycles. The number of amides is 1. The number of hydrogen-bond donors (Lipinski definition) is 2. The Morgan fingerprint density at radius 3 is 2.88 bits per heavy atom. The average Bonchev–Trinajstić information content (AvgIpc) is 2.74. The van der Waals surface area contributed by atoms with Crippen molar-refractivity contribution in [2.24, 2.45) is 11.5 Å². The van der Waals surface area contributed by atoms with Crippen LogP contribution >= 0.6 is 0 Å². The Morgan fingerprint density at radius 1 is 1.50 bits per heavy atom. The summed E-state index contributed by atoms with van der Waals surface area (Å²) in [6.45, 7) is 0.126. The Balaban J connectivity index is 2.45. The molecule has 6 nitrogen and oxygen atoms in total. The van der Waals surface area contributed by atoms with Gasteiger partial charge >= 0.3 is 0 Å². The summed E-state index contributed by atoms with van der Waals surface area (Å²) in [6, 6.07) is 2.35. The molecule has 0 radical (unpaired) electrons. The lowest BCUT2D eigenvalue weighted by Crippen LogP contribution is -2.28. The second kappa shape index (κ2) is 3.90. The van der Waals surface area contributed by atoms with Crippen LogP contribution in [0.3, 0.4) is 0 Å². The van der Waals surface area contributed by atoms with Gasteiger partial charge in [-0.25, -0.2) is 0 Å². The molecule has 0 aliphatic carbocycles. The molecule has 2 rings (SSSR count). The third kappa shape index (κ3) is 1.63. The summed E-state index contributed by atoms with van der Waals surface area (Å²) in [5.74, 6) is 0.886. The lowest BCUT2D eigenvalue weighted by Gasteiger charge is -2.11. The molecule has 0 saturated carbocycles. The highest BCUT2D eigenvalue weighted by Gasteiger charge is 2.23. The normalized spacial score (nSPS) is 14.6. The van der Waals surface area contributed by atoms with Crippen LogP contribution in [0.4, 0.5) is 0 Å². The summed E-state index contributed by atoms with van der Waals surface area (Å²) in [4.78, 5) is 11.0. The zero-order chi connectivity index (χ0) is 11.7. The molecule has 0 bridgehead atoms. The van der Waals surface area contributed by atoms with E-state index in [1.807, 2.05) is 0 Å². The average molecular weight is 224 g/mol. The van der Waals surface area contributed by atoms with Crippen LogP contribution in [0.25, 0.3) is 0 Å². The number of fused-ring (bicyclic) bond motifs is 1. The number of methoxy groups -OCH3 is 1. The van der Waals surface area contributed by atoms with Gasteiger partial charge < -0.3 is 25.7 Å². The van der Waals surface area contributed by atoms with Crippen molar-refractivity contribution in [3.05, 3.63) is 17.7 Å². The first kappa shape index (κ1) is 10.6. The van der Waals surface area contributed by atoms with Crippen LogP contribution < -0.4 is 25.7 Å². The van der Waals surface area contributed by atoms with Gasteiger partial charge in [0.1, 0.15) is 6.04 Å². The molecule has 0 fully saturated rings. The number of nitrogens with two attached hydrogens (primary N) is 2. The summed E-state index contributed by atoms with van der Waals surface area (Å²) < 4.78 is 15.5. The molecule has 16 heavy (non-hydrogen) atoms. The molecule has 1 heterocycles. The fourth-order valence-corrected chi connectivity index (χ4v) is 1.49. The van der Waals surface area contributed by atoms with Crippen molar-refractivity contribution in [3.63, 3.8) is 0 Å². The molecule has 86 valence electrons. The fourth-order valence-electron chi connectivity index (χ4n) is 1.49. The van der Waals surface area contributed by atoms with Crippen molar-refractivity contribution < 1.29 is 19.0 Å². The maximum absolute atomic E-state index is 11.0. The first-order valence-corrected chi connectivity index (χ1v) is 4.66. The maximum Gasteiger partial charge on any atom is 0.238 e. The van der Waals surface area contributed by atoms with Gasteiger partial charge in [0.15, 0.2) is 11.5 Å². The molecule has 1 aliphatic rings. The molecule has 1 aromatic rings. The van der Waals surface area contributed by atoms with Crippen LogP contribution in [0.1, 0.15) is 11.6 Å². The summed E-state index contributed by atoms with van der Waals surface area (Å²) >= 11 is 0. The first-order chi connectivity index (χ1) is 7.63. The molecule has 0 spiro atoms. The standard InChI is InChI=1S/C10H12N2O4/c1-14-6-2-5(8(11)10(12)13)3-7-9(6)16-4-15-7/h2-3,8H,4,11H2,1H3,(H2,12,13). The van der Waals surface area contributed by atoms with Gasteiger partial charge in [-0.2, -0.15) is 0 Å². The van der Waals surface area contributed by atoms with Crippen LogP contribution in [-0.2, 0) is 4.79 Å². The number of carbonyl (C=O) groups is 1. The Morgan fingerprint density at radius 2 is 2.25 bits per heavy atom. The first-order valence-electron chi connectivity index (χ1n) is 4.66. The Labute approximate surface area is 92.1 Å². The highest BCUT2D eigenvalue weighted by atomic mass is 16.7. The van der Waals surface area contributed by atoms with Crippen molar-refractivity contribution in [2.45, 2.75) is 6.04 Å². The van der Waals surface area contributed by atoms with Crippen LogP contribution in [0, 0.1) is 0 Å². The Hall–Kier alpha value is -1.95. The van der Waals surface area contributed by atoms with E-state index in [4.69, 9.17) is 25.7 Å². The van der Waals surface area contributed by atoms with E-state index < -0.39 is 11.9 Å². The molecule has 4 N–H and O–H groups in total. The van der Waals surface area contributed by atoms with Gasteiger partial charge in [-0.05, 0) is 17.7 Å². The van der Waals surface area contributed by atoms with Crippen LogP contribution in [-0.4, -0.2) is 19.8 Å². The van der Waals surface area contributed by atoms with Crippen LogP contribution in [0.5, 0.6) is 17.2 Å². The van der Waals surface area contributed by atoms with E-state index in [1.54, 1.807) is 12.1 Å². The van der Waals surface area contributed by atoms with Gasteiger partial charge in [-0.1, -0.05) is 0 Å². The molecule has 1 atom stereocenters. The van der Waals surface area contributed by atoms with Gasteiger partial charge in [0.25, 0.3) is 0 Å². The van der Waals surface area contributed by atoms with E-state index in [0.29, 0.717) is 22.8 Å². The van der Waals surface area contributed by atoms with Crippen LogP contribution in [0.15, 0.2) is 12.1 Å². The van der Waals surface area contributed by atoms with Gasteiger partial charge in [-0.15, -0.1) is 0 Å². The topological polar surface area (TPSA) is 96.8 Å². The highest BCUT2D eigenvalue weighted by Crippen LogP contribution is 2.42. The predicted octanol–water partition coefficient (Wildman–Crippen LogP) is -0.0910. The minimum atomic E-state index is -0.886. The van der Waals surface area contributed by atoms with Crippen LogP contribution in [0.2, 0.25) is 0 Å². The lowest BCUT2D eigenvalue weighted by molar-refractivity contribution is -0.119. The lowest BCUT2D eigenvalue weighted by atomic mass is 10.1. The SMILES string of the molecule is COc1cc(C(N)C(N)=O)cc2c1OCO2. The molecular weight excluding hydrogens is 212 g/mol. The Kier molecular flexibility index (Phi) is 2.57. The summed E-state index contributed by atoms with van der Waals surface area (Å²) in [5.41, 5.74) is 11.3. The van der Waals surface area contributed by atoms with E-state index in [9.17, 15) is 4.79 Å². The van der Waals surface area contributed by atoms with Crippen molar-refractivity contribution in [3.8, 4) is 17.2 Å². The zero-order valence-corrected chi connectivity index (χ0v) is 8.73. The zero-order valence-electron chi connectivity index (χ0n) is 8.73. The predicted molar refractivity (Wildman–Crippen MR) is 55.2 cm³/mol. The molecule has 1 unspecified atom stereocenters. The second-order valence-electron chi connectivity index (χ2n) is 3.34. The number of primary amides is 1. The van der Waals surface area contributed by atoms with Gasteiger partial charge in [0.05, 0.1) is 7.11 Å². The molecule has 1 aliphatic heterocycles. The minimum absolute atomic E-state index is 0.126. The van der Waals surface area contributed by atoms with E-state index in [1.165, 1.54) is 7.11 Å². The summed E-state index contributed by atoms with van der Waals surface area (Å²) in [7, 11) is 1.50. The number of rotatable bonds is 3. The molecule has 0 saturated heterocycles. The van der Waals surface area contributed by atoms with E-state index in [2.05, 4.69) is 0 Å². The third-order valence-electron chi connectivity index (χ3n) is 2.35. The molecule has 1 aromatic carbocycles. The smallest absolute Gasteiger partial charge is 0.238 e. The van der Waals surface area contributed by atoms with Crippen molar-refractivity contribution in [2.75, 3.05) is 13.9 Å². The summed E-state index contributed by atoms with van der Waals surface area (Å²) in [5, 5.41) is 0. The Bertz CT molecular complexity index is 433. The van der Waals surface area contributed by atoms with Crippen molar-refractivity contribution >= 4 is 5.91 Å². The van der Waals surface area contributed by atoms with Crippen molar-refractivity contribution in [1.29, 1.82) is 0 Å². The van der Waals surface area contributed by atoms with E-state index in [-0.39, 0.29) is 6.79 Å². The molecular formula is C10H12N2O4. The quantitative estimate of drug-likeness (QED) is 0.747. The number of hydrogen-bond acceptors (Lipinski definition) is 5. The number of benzene rings is 1. The monoisotopic (exact) mass is 224 g/mol. The van der Waals surface area contributed by atoms with Crippen molar-refractivity contribution in [1.82, 2.24) is 0 Å². The summed E-state index contributed by atoms with van der Waals surface area (Å²) in [6.07, 6.45) is 0. The maximum atomic E-state index is 11.0. The van der Waals surface area contributed by atoms with Gasteiger partial charge in [0, 0.05) is 0 Å². The number of carbonyl (C=O) groups excluding carboxylic acids is 1. The van der Waals surface area contributed by atoms with E-state index in [0.717, 1.165) is 0 Å². The van der Waals surface area contributed by atoms with Gasteiger partial charge in [-0.3, -0.25) is 4.79 Å².